The van der Waals surface area contributed by atoms with Gasteiger partial charge in [0.05, 0.1) is 19.6 Å². The SMILES string of the molecule is C[C@]1(CN2CCn3nc(-c4cc(F)cc(F)c4)nc3C2)Cn2cc([N+](=O)[O-])nc2O1.S. The molecule has 0 N–H and O–H groups in total. The molecule has 5 rings (SSSR count). The smallest absolute Gasteiger partial charge is 0.415 e. The van der Waals surface area contributed by atoms with Gasteiger partial charge in [0.1, 0.15) is 29.3 Å². The van der Waals surface area contributed by atoms with Crippen molar-refractivity contribution in [1.29, 1.82) is 0 Å². The average Bonchev–Trinajstić information content (AvgIpc) is 3.31. The topological polar surface area (TPSA) is 104 Å². The van der Waals surface area contributed by atoms with Crippen LogP contribution in [-0.4, -0.2) is 52.8 Å². The number of halogens is 2. The molecule has 0 radical (unpaired) electrons. The summed E-state index contributed by atoms with van der Waals surface area (Å²) < 4.78 is 36.3. The number of rotatable bonds is 4. The molecule has 1 atom stereocenters. The maximum Gasteiger partial charge on any atom is 0.415 e. The van der Waals surface area contributed by atoms with Crippen molar-refractivity contribution in [1.82, 2.24) is 29.2 Å². The normalized spacial score (nSPS) is 20.0. The van der Waals surface area contributed by atoms with Crippen molar-refractivity contribution >= 4 is 19.3 Å². The third-order valence-electron chi connectivity index (χ3n) is 5.18. The molecule has 0 spiro atoms. The number of fused-ring (bicyclic) bond motifs is 2. The van der Waals surface area contributed by atoms with Gasteiger partial charge in [0.15, 0.2) is 5.82 Å². The number of nitrogens with zero attached hydrogens (tertiary/aromatic N) is 7. The van der Waals surface area contributed by atoms with E-state index in [4.69, 9.17) is 4.74 Å². The summed E-state index contributed by atoms with van der Waals surface area (Å²) in [5.41, 5.74) is -0.298. The van der Waals surface area contributed by atoms with Crippen LogP contribution >= 0.6 is 13.5 Å². The molecule has 13 heteroatoms. The number of benzene rings is 1. The zero-order chi connectivity index (χ0) is 21.0. The van der Waals surface area contributed by atoms with Gasteiger partial charge >= 0.3 is 11.8 Å². The Balaban J connectivity index is 0.00000231. The van der Waals surface area contributed by atoms with Crippen LogP contribution in [0.3, 0.4) is 0 Å². The van der Waals surface area contributed by atoms with Gasteiger partial charge in [-0.3, -0.25) is 9.47 Å². The number of ether oxygens (including phenoxy) is 1. The van der Waals surface area contributed by atoms with E-state index in [0.29, 0.717) is 44.1 Å². The lowest BCUT2D eigenvalue weighted by Crippen LogP contribution is -2.47. The number of imidazole rings is 1. The molecule has 164 valence electrons. The quantitative estimate of drug-likeness (QED) is 0.442. The van der Waals surface area contributed by atoms with Crippen LogP contribution in [0.25, 0.3) is 11.4 Å². The van der Waals surface area contributed by atoms with Gasteiger partial charge in [-0.25, -0.2) is 18.4 Å². The van der Waals surface area contributed by atoms with E-state index < -0.39 is 22.2 Å². The summed E-state index contributed by atoms with van der Waals surface area (Å²) >= 11 is 0. The third kappa shape index (κ3) is 3.97. The largest absolute Gasteiger partial charge is 0.436 e. The minimum Gasteiger partial charge on any atom is -0.436 e. The lowest BCUT2D eigenvalue weighted by atomic mass is 10.1. The molecular formula is C18H19F2N7O3S. The summed E-state index contributed by atoms with van der Waals surface area (Å²) in [6.07, 6.45) is 1.37. The van der Waals surface area contributed by atoms with E-state index in [1.54, 1.807) is 9.25 Å². The summed E-state index contributed by atoms with van der Waals surface area (Å²) in [4.78, 5) is 20.8. The zero-order valence-corrected chi connectivity index (χ0v) is 17.5. The second-order valence-electron chi connectivity index (χ2n) is 7.76. The summed E-state index contributed by atoms with van der Waals surface area (Å²) in [7, 11) is 0. The summed E-state index contributed by atoms with van der Waals surface area (Å²) in [5, 5.41) is 15.2. The third-order valence-corrected chi connectivity index (χ3v) is 5.18. The molecule has 0 aliphatic carbocycles. The van der Waals surface area contributed by atoms with Crippen LogP contribution in [0.5, 0.6) is 6.01 Å². The van der Waals surface area contributed by atoms with E-state index in [0.717, 1.165) is 6.07 Å². The first-order chi connectivity index (χ1) is 14.3. The molecule has 0 unspecified atom stereocenters. The highest BCUT2D eigenvalue weighted by Crippen LogP contribution is 2.32. The van der Waals surface area contributed by atoms with Gasteiger partial charge in [-0.15, -0.1) is 0 Å². The number of hydrogen-bond acceptors (Lipinski definition) is 7. The Hall–Kier alpha value is -3.06. The molecule has 0 saturated heterocycles. The lowest BCUT2D eigenvalue weighted by molar-refractivity contribution is -0.389. The minimum absolute atomic E-state index is 0. The van der Waals surface area contributed by atoms with Crippen LogP contribution in [0, 0.1) is 21.7 Å². The fraction of sp³-hybridized carbons (Fsp3) is 0.389. The van der Waals surface area contributed by atoms with Crippen molar-refractivity contribution in [3.8, 4) is 17.4 Å². The molecule has 0 fully saturated rings. The van der Waals surface area contributed by atoms with Crippen molar-refractivity contribution in [2.24, 2.45) is 0 Å². The zero-order valence-electron chi connectivity index (χ0n) is 16.5. The predicted molar refractivity (Wildman–Crippen MR) is 109 cm³/mol. The maximum atomic E-state index is 13.5. The Labute approximate surface area is 182 Å². The Morgan fingerprint density at radius 3 is 2.65 bits per heavy atom. The predicted octanol–water partition coefficient (Wildman–Crippen LogP) is 2.11. The highest BCUT2D eigenvalue weighted by Gasteiger charge is 2.42. The fourth-order valence-corrected chi connectivity index (χ4v) is 3.96. The molecule has 31 heavy (non-hydrogen) atoms. The van der Waals surface area contributed by atoms with E-state index in [-0.39, 0.29) is 31.1 Å². The van der Waals surface area contributed by atoms with Crippen LogP contribution in [0.4, 0.5) is 14.6 Å². The van der Waals surface area contributed by atoms with Gasteiger partial charge < -0.3 is 14.9 Å². The molecule has 2 aliphatic heterocycles. The van der Waals surface area contributed by atoms with Crippen molar-refractivity contribution in [2.75, 3.05) is 13.1 Å². The number of aromatic nitrogens is 5. The molecular weight excluding hydrogens is 432 g/mol. The van der Waals surface area contributed by atoms with E-state index >= 15 is 0 Å². The van der Waals surface area contributed by atoms with Crippen molar-refractivity contribution in [2.45, 2.75) is 32.2 Å². The molecule has 2 aliphatic rings. The Morgan fingerprint density at radius 1 is 1.23 bits per heavy atom. The molecule has 10 nitrogen and oxygen atoms in total. The van der Waals surface area contributed by atoms with Gasteiger partial charge in [-0.2, -0.15) is 18.6 Å². The summed E-state index contributed by atoms with van der Waals surface area (Å²) in [5.74, 6) is -0.622. The number of nitro groups is 1. The van der Waals surface area contributed by atoms with E-state index in [1.807, 2.05) is 6.92 Å². The average molecular weight is 451 g/mol. The van der Waals surface area contributed by atoms with Crippen LogP contribution in [0.15, 0.2) is 24.4 Å². The number of hydrogen-bond donors (Lipinski definition) is 0. The van der Waals surface area contributed by atoms with Crippen molar-refractivity contribution in [3.63, 3.8) is 0 Å². The van der Waals surface area contributed by atoms with E-state index in [9.17, 15) is 18.9 Å². The fourth-order valence-electron chi connectivity index (χ4n) is 3.96. The van der Waals surface area contributed by atoms with Crippen molar-refractivity contribution < 1.29 is 18.4 Å². The lowest BCUT2D eigenvalue weighted by Gasteiger charge is -2.32. The Morgan fingerprint density at radius 2 is 1.97 bits per heavy atom. The minimum atomic E-state index is -0.677. The second-order valence-corrected chi connectivity index (χ2v) is 7.76. The first-order valence-corrected chi connectivity index (χ1v) is 9.31. The first kappa shape index (κ1) is 21.2. The molecule has 2 aromatic heterocycles. The molecule has 0 saturated carbocycles. The van der Waals surface area contributed by atoms with Crippen LogP contribution < -0.4 is 4.74 Å². The Kier molecular flexibility index (Phi) is 5.17. The van der Waals surface area contributed by atoms with E-state index in [2.05, 4.69) is 20.0 Å². The Bertz CT molecular complexity index is 1120. The first-order valence-electron chi connectivity index (χ1n) is 9.31. The molecule has 1 aromatic carbocycles. The highest BCUT2D eigenvalue weighted by molar-refractivity contribution is 7.59. The summed E-state index contributed by atoms with van der Waals surface area (Å²) in [6, 6.07) is 3.45. The van der Waals surface area contributed by atoms with Gasteiger partial charge in [-0.05, 0) is 24.0 Å². The van der Waals surface area contributed by atoms with E-state index in [1.165, 1.54) is 18.3 Å². The monoisotopic (exact) mass is 451 g/mol. The van der Waals surface area contributed by atoms with Crippen LogP contribution in [0.1, 0.15) is 12.7 Å². The maximum absolute atomic E-state index is 13.5. The molecule has 0 amide bonds. The van der Waals surface area contributed by atoms with Crippen LogP contribution in [-0.2, 0) is 19.6 Å². The van der Waals surface area contributed by atoms with Gasteiger partial charge in [-0.1, -0.05) is 0 Å². The second kappa shape index (κ2) is 7.57. The highest BCUT2D eigenvalue weighted by atomic mass is 32.1. The standard InChI is InChI=1S/C18H17F2N7O3.H2S/c1-18(10-25-8-15(27(28)29)22-17(25)30-18)9-24-2-3-26-14(7-24)21-16(23-26)11-4-12(19)6-13(20)5-11;/h4-6,8H,2-3,7,9-10H2,1H3;1H2/t18-;/m0./s1. The molecule has 0 bridgehead atoms. The summed E-state index contributed by atoms with van der Waals surface area (Å²) in [6.45, 7) is 4.68. The van der Waals surface area contributed by atoms with Crippen molar-refractivity contribution in [3.05, 3.63) is 52.0 Å². The van der Waals surface area contributed by atoms with Gasteiger partial charge in [0.2, 0.25) is 0 Å². The molecule has 4 heterocycles. The van der Waals surface area contributed by atoms with Crippen LogP contribution in [0.2, 0.25) is 0 Å². The van der Waals surface area contributed by atoms with Gasteiger partial charge in [0, 0.05) is 29.7 Å². The molecule has 3 aromatic rings. The van der Waals surface area contributed by atoms with Gasteiger partial charge in [0.25, 0.3) is 0 Å².